The first kappa shape index (κ1) is 19.9. The summed E-state index contributed by atoms with van der Waals surface area (Å²) >= 11 is 0. The molecule has 2 rings (SSSR count). The zero-order valence-electron chi connectivity index (χ0n) is 14.1. The molecule has 0 unspecified atom stereocenters. The van der Waals surface area contributed by atoms with Gasteiger partial charge in [0.25, 0.3) is 0 Å². The Labute approximate surface area is 148 Å². The number of nitrogens with one attached hydrogen (secondary N) is 1. The van der Waals surface area contributed by atoms with Crippen molar-refractivity contribution >= 4 is 20.0 Å². The number of rotatable bonds is 8. The van der Waals surface area contributed by atoms with Gasteiger partial charge in [-0.1, -0.05) is 0 Å². The predicted octanol–water partition coefficient (Wildman–Crippen LogP) is -0.356. The van der Waals surface area contributed by atoms with Gasteiger partial charge in [0.15, 0.2) is 0 Å². The van der Waals surface area contributed by atoms with Crippen LogP contribution < -0.4 is 14.2 Å². The monoisotopic (exact) mass is 394 g/mol. The van der Waals surface area contributed by atoms with E-state index in [0.717, 1.165) is 0 Å². The van der Waals surface area contributed by atoms with Crippen LogP contribution in [0.25, 0.3) is 0 Å². The third kappa shape index (κ3) is 5.05. The molecule has 1 saturated heterocycles. The van der Waals surface area contributed by atoms with Crippen molar-refractivity contribution in [3.8, 4) is 11.5 Å². The van der Waals surface area contributed by atoms with Crippen LogP contribution in [0.5, 0.6) is 11.5 Å². The van der Waals surface area contributed by atoms with E-state index in [1.54, 1.807) is 6.07 Å². The molecule has 142 valence electrons. The second-order valence-corrected chi connectivity index (χ2v) is 9.07. The second kappa shape index (κ2) is 8.32. The topological polar surface area (TPSA) is 111 Å². The van der Waals surface area contributed by atoms with E-state index in [1.165, 1.54) is 30.7 Å². The third-order valence-electron chi connectivity index (χ3n) is 3.68. The maximum absolute atomic E-state index is 12.5. The Hall–Kier alpha value is -1.40. The van der Waals surface area contributed by atoms with E-state index < -0.39 is 20.0 Å². The van der Waals surface area contributed by atoms with Gasteiger partial charge in [-0.25, -0.2) is 21.6 Å². The van der Waals surface area contributed by atoms with Gasteiger partial charge in [-0.15, -0.1) is 0 Å². The summed E-state index contributed by atoms with van der Waals surface area (Å²) in [4.78, 5) is -0.113. The highest BCUT2D eigenvalue weighted by Crippen LogP contribution is 2.27. The first-order valence-corrected chi connectivity index (χ1v) is 10.7. The van der Waals surface area contributed by atoms with Gasteiger partial charge in [0, 0.05) is 25.7 Å². The van der Waals surface area contributed by atoms with Crippen LogP contribution in [0.15, 0.2) is 23.1 Å². The van der Waals surface area contributed by atoms with Crippen molar-refractivity contribution in [3.63, 3.8) is 0 Å². The molecule has 1 aromatic rings. The molecule has 9 nitrogen and oxygen atoms in total. The van der Waals surface area contributed by atoms with Crippen molar-refractivity contribution in [3.05, 3.63) is 18.2 Å². The summed E-state index contributed by atoms with van der Waals surface area (Å²) in [5.74, 6) is 0.157. The van der Waals surface area contributed by atoms with E-state index in [9.17, 15) is 16.8 Å². The highest BCUT2D eigenvalue weighted by atomic mass is 32.2. The van der Waals surface area contributed by atoms with Crippen molar-refractivity contribution in [2.75, 3.05) is 52.8 Å². The molecule has 0 radical (unpaired) electrons. The lowest BCUT2D eigenvalue weighted by Gasteiger charge is -2.26. The lowest BCUT2D eigenvalue weighted by molar-refractivity contribution is 0.0730. The molecule has 0 atom stereocenters. The average Bonchev–Trinajstić information content (AvgIpc) is 2.61. The van der Waals surface area contributed by atoms with Crippen molar-refractivity contribution in [1.82, 2.24) is 9.03 Å². The SMILES string of the molecule is COc1ccc(OC)c(S(=O)(=O)NCCS(=O)(=O)N2CCOCC2)c1. The average molecular weight is 394 g/mol. The summed E-state index contributed by atoms with van der Waals surface area (Å²) in [6.07, 6.45) is 0. The van der Waals surface area contributed by atoms with E-state index in [-0.39, 0.29) is 36.0 Å². The van der Waals surface area contributed by atoms with Gasteiger partial charge in [0.1, 0.15) is 16.4 Å². The van der Waals surface area contributed by atoms with Gasteiger partial charge in [-0.05, 0) is 12.1 Å². The third-order valence-corrected chi connectivity index (χ3v) is 7.03. The Morgan fingerprint density at radius 1 is 1.12 bits per heavy atom. The van der Waals surface area contributed by atoms with Crippen LogP contribution >= 0.6 is 0 Å². The molecule has 0 aliphatic carbocycles. The minimum Gasteiger partial charge on any atom is -0.497 e. The molecule has 1 aliphatic heterocycles. The number of ether oxygens (including phenoxy) is 3. The Morgan fingerprint density at radius 2 is 1.80 bits per heavy atom. The molecule has 25 heavy (non-hydrogen) atoms. The van der Waals surface area contributed by atoms with Gasteiger partial charge >= 0.3 is 0 Å². The summed E-state index contributed by atoms with van der Waals surface area (Å²) in [6, 6.07) is 4.36. The van der Waals surface area contributed by atoms with E-state index >= 15 is 0 Å². The van der Waals surface area contributed by atoms with Gasteiger partial charge in [0.05, 0.1) is 33.2 Å². The predicted molar refractivity (Wildman–Crippen MR) is 90.9 cm³/mol. The van der Waals surface area contributed by atoms with E-state index in [0.29, 0.717) is 19.0 Å². The number of nitrogens with zero attached hydrogens (tertiary/aromatic N) is 1. The molecule has 0 amide bonds. The van der Waals surface area contributed by atoms with Crippen molar-refractivity contribution < 1.29 is 31.0 Å². The van der Waals surface area contributed by atoms with Gasteiger partial charge in [0.2, 0.25) is 20.0 Å². The maximum atomic E-state index is 12.5. The van der Waals surface area contributed by atoms with Crippen LogP contribution in [0.1, 0.15) is 0 Å². The van der Waals surface area contributed by atoms with E-state index in [4.69, 9.17) is 14.2 Å². The highest BCUT2D eigenvalue weighted by molar-refractivity contribution is 7.90. The molecule has 0 saturated carbocycles. The number of methoxy groups -OCH3 is 2. The fourth-order valence-corrected chi connectivity index (χ4v) is 5.00. The smallest absolute Gasteiger partial charge is 0.244 e. The first-order chi connectivity index (χ1) is 11.8. The minimum atomic E-state index is -3.95. The van der Waals surface area contributed by atoms with Crippen molar-refractivity contribution in [2.45, 2.75) is 4.90 Å². The Morgan fingerprint density at radius 3 is 2.40 bits per heavy atom. The molecule has 0 spiro atoms. The number of hydrogen-bond acceptors (Lipinski definition) is 7. The standard InChI is InChI=1S/C14H22N2O7S2/c1-21-12-3-4-13(22-2)14(11-12)25(19,20)15-5-10-24(17,18)16-6-8-23-9-7-16/h3-4,11,15H,5-10H2,1-2H3. The van der Waals surface area contributed by atoms with E-state index in [1.807, 2.05) is 0 Å². The maximum Gasteiger partial charge on any atom is 0.244 e. The molecule has 11 heteroatoms. The van der Waals surface area contributed by atoms with Crippen LogP contribution in [0.2, 0.25) is 0 Å². The minimum absolute atomic E-state index is 0.113. The summed E-state index contributed by atoms with van der Waals surface area (Å²) < 4.78 is 68.2. The molecule has 1 aliphatic rings. The molecule has 1 fully saturated rings. The zero-order chi connectivity index (χ0) is 18.5. The summed E-state index contributed by atoms with van der Waals surface area (Å²) in [7, 11) is -4.73. The molecule has 1 N–H and O–H groups in total. The molecule has 1 aromatic carbocycles. The lowest BCUT2D eigenvalue weighted by atomic mass is 10.3. The molecule has 0 bridgehead atoms. The zero-order valence-corrected chi connectivity index (χ0v) is 15.7. The molecule has 0 aromatic heterocycles. The molecule has 1 heterocycles. The van der Waals surface area contributed by atoms with Crippen molar-refractivity contribution in [1.29, 1.82) is 0 Å². The number of hydrogen-bond donors (Lipinski definition) is 1. The first-order valence-electron chi connectivity index (χ1n) is 7.57. The largest absolute Gasteiger partial charge is 0.497 e. The Bertz CT molecular complexity index is 787. The fraction of sp³-hybridized carbons (Fsp3) is 0.571. The lowest BCUT2D eigenvalue weighted by Crippen LogP contribution is -2.43. The summed E-state index contributed by atoms with van der Waals surface area (Å²) in [5.41, 5.74) is 0. The second-order valence-electron chi connectivity index (χ2n) is 5.24. The quantitative estimate of drug-likeness (QED) is 0.641. The van der Waals surface area contributed by atoms with Gasteiger partial charge < -0.3 is 14.2 Å². The molecular formula is C14H22N2O7S2. The van der Waals surface area contributed by atoms with E-state index in [2.05, 4.69) is 4.72 Å². The summed E-state index contributed by atoms with van der Waals surface area (Å²) in [6.45, 7) is 0.984. The van der Waals surface area contributed by atoms with Crippen LogP contribution in [0, 0.1) is 0 Å². The van der Waals surface area contributed by atoms with Crippen molar-refractivity contribution in [2.24, 2.45) is 0 Å². The Balaban J connectivity index is 2.06. The van der Waals surface area contributed by atoms with Gasteiger partial charge in [-0.3, -0.25) is 0 Å². The van der Waals surface area contributed by atoms with Crippen LogP contribution in [-0.4, -0.2) is 74.0 Å². The van der Waals surface area contributed by atoms with Crippen LogP contribution in [0.3, 0.4) is 0 Å². The number of morpholine rings is 1. The van der Waals surface area contributed by atoms with Gasteiger partial charge in [-0.2, -0.15) is 4.31 Å². The van der Waals surface area contributed by atoms with Crippen LogP contribution in [0.4, 0.5) is 0 Å². The fourth-order valence-electron chi connectivity index (χ4n) is 2.33. The summed E-state index contributed by atoms with van der Waals surface area (Å²) in [5, 5.41) is 0. The highest BCUT2D eigenvalue weighted by Gasteiger charge is 2.26. The normalized spacial score (nSPS) is 16.6. The van der Waals surface area contributed by atoms with Crippen LogP contribution in [-0.2, 0) is 24.8 Å². The number of benzene rings is 1. The number of sulfonamides is 2. The Kier molecular flexibility index (Phi) is 6.63. The molecular weight excluding hydrogens is 372 g/mol.